The van der Waals surface area contributed by atoms with E-state index in [4.69, 9.17) is 30.8 Å². The van der Waals surface area contributed by atoms with Gasteiger partial charge in [-0.15, -0.1) is 0 Å². The minimum Gasteiger partial charge on any atom is -0.497 e. The van der Waals surface area contributed by atoms with Crippen LogP contribution in [0.2, 0.25) is 5.02 Å². The minimum absolute atomic E-state index is 0.0337. The number of halogens is 1. The van der Waals surface area contributed by atoms with Gasteiger partial charge in [0.15, 0.2) is 0 Å². The van der Waals surface area contributed by atoms with Crippen molar-refractivity contribution >= 4 is 46.2 Å². The molecule has 8 nitrogen and oxygen atoms in total. The molecule has 3 aromatic carbocycles. The maximum Gasteiger partial charge on any atom is 0.244 e. The van der Waals surface area contributed by atoms with Gasteiger partial charge in [0.2, 0.25) is 11.8 Å². The topological polar surface area (TPSA) is 89.5 Å². The first-order chi connectivity index (χ1) is 16.9. The lowest BCUT2D eigenvalue weighted by atomic mass is 10.1. The van der Waals surface area contributed by atoms with E-state index < -0.39 is 5.91 Å². The summed E-state index contributed by atoms with van der Waals surface area (Å²) in [6.45, 7) is -0.214. The Morgan fingerprint density at radius 3 is 2.40 bits per heavy atom. The predicted molar refractivity (Wildman–Crippen MR) is 136 cm³/mol. The lowest BCUT2D eigenvalue weighted by Crippen LogP contribution is -2.38. The van der Waals surface area contributed by atoms with Crippen molar-refractivity contribution in [3.8, 4) is 17.2 Å². The number of amides is 2. The summed E-state index contributed by atoms with van der Waals surface area (Å²) in [6, 6.07) is 17.7. The van der Waals surface area contributed by atoms with E-state index in [1.807, 2.05) is 36.4 Å². The zero-order chi connectivity index (χ0) is 24.9. The molecular weight excluding hydrogens is 470 g/mol. The van der Waals surface area contributed by atoms with Crippen LogP contribution >= 0.6 is 11.6 Å². The van der Waals surface area contributed by atoms with Crippen LogP contribution in [-0.4, -0.2) is 45.4 Å². The molecule has 1 N–H and O–H groups in total. The smallest absolute Gasteiger partial charge is 0.244 e. The second-order valence-electron chi connectivity index (χ2n) is 7.67. The molecule has 0 atom stereocenters. The average Bonchev–Trinajstić information content (AvgIpc) is 3.00. The number of carbonyl (C=O) groups is 2. The number of nitrogens with one attached hydrogen (secondary N) is 1. The molecule has 0 aromatic heterocycles. The lowest BCUT2D eigenvalue weighted by molar-refractivity contribution is -0.120. The number of methoxy groups -OCH3 is 3. The van der Waals surface area contributed by atoms with Crippen LogP contribution < -0.4 is 24.4 Å². The van der Waals surface area contributed by atoms with E-state index in [1.165, 1.54) is 19.1 Å². The molecule has 0 radical (unpaired) electrons. The highest BCUT2D eigenvalue weighted by Gasteiger charge is 2.27. The van der Waals surface area contributed by atoms with E-state index in [9.17, 15) is 9.59 Å². The monoisotopic (exact) mass is 493 g/mol. The van der Waals surface area contributed by atoms with Crippen molar-refractivity contribution in [1.82, 2.24) is 0 Å². The maximum atomic E-state index is 13.3. The molecule has 0 saturated carbocycles. The number of hydrogen-bond acceptors (Lipinski definition) is 6. The molecule has 0 unspecified atom stereocenters. The van der Waals surface area contributed by atoms with Gasteiger partial charge in [-0.3, -0.25) is 14.6 Å². The molecule has 9 heteroatoms. The fourth-order valence-electron chi connectivity index (χ4n) is 3.76. The Labute approximate surface area is 208 Å². The third kappa shape index (κ3) is 5.22. The van der Waals surface area contributed by atoms with Gasteiger partial charge < -0.3 is 24.4 Å². The molecule has 0 saturated heterocycles. The van der Waals surface area contributed by atoms with Crippen LogP contribution in [0.5, 0.6) is 17.2 Å². The zero-order valence-electron chi connectivity index (χ0n) is 19.5. The van der Waals surface area contributed by atoms with Gasteiger partial charge in [-0.1, -0.05) is 23.7 Å². The van der Waals surface area contributed by atoms with Crippen LogP contribution in [0, 0.1) is 0 Å². The van der Waals surface area contributed by atoms with E-state index in [-0.39, 0.29) is 18.9 Å². The van der Waals surface area contributed by atoms with Crippen molar-refractivity contribution in [2.24, 2.45) is 4.99 Å². The third-order valence-corrected chi connectivity index (χ3v) is 5.82. The first-order valence-electron chi connectivity index (χ1n) is 10.8. The molecule has 1 heterocycles. The van der Waals surface area contributed by atoms with Gasteiger partial charge in [-0.2, -0.15) is 0 Å². The number of benzene rings is 3. The summed E-state index contributed by atoms with van der Waals surface area (Å²) in [5.41, 5.74) is 2.93. The van der Waals surface area contributed by atoms with Crippen molar-refractivity contribution in [1.29, 1.82) is 0 Å². The summed E-state index contributed by atoms with van der Waals surface area (Å²) in [6.07, 6.45) is 0.0337. The van der Waals surface area contributed by atoms with E-state index in [1.54, 1.807) is 31.4 Å². The Bertz CT molecular complexity index is 1290. The highest BCUT2D eigenvalue weighted by molar-refractivity contribution is 6.32. The van der Waals surface area contributed by atoms with Gasteiger partial charge in [-0.05, 0) is 48.0 Å². The standard InChI is InChI=1S/C26H24ClN3O5/c1-33-17-10-8-16(9-11-17)20-13-26(32)30(22-7-5-4-6-19(22)28-20)15-25(31)29-21-12-18(27)23(34-2)14-24(21)35-3/h4-12,14H,13,15H2,1-3H3,(H,29,31). The fourth-order valence-corrected chi connectivity index (χ4v) is 4.00. The number of para-hydroxylation sites is 2. The zero-order valence-corrected chi connectivity index (χ0v) is 20.3. The van der Waals surface area contributed by atoms with E-state index in [0.717, 1.165) is 5.56 Å². The Hall–Kier alpha value is -4.04. The summed E-state index contributed by atoms with van der Waals surface area (Å²) < 4.78 is 15.8. The third-order valence-electron chi connectivity index (χ3n) is 5.52. The van der Waals surface area contributed by atoms with Crippen molar-refractivity contribution in [2.45, 2.75) is 6.42 Å². The predicted octanol–water partition coefficient (Wildman–Crippen LogP) is 4.86. The first-order valence-corrected chi connectivity index (χ1v) is 11.1. The SMILES string of the molecule is COc1ccc(C2=Nc3ccccc3N(CC(=O)Nc3cc(Cl)c(OC)cc3OC)C(=O)C2)cc1. The number of nitrogens with zero attached hydrogens (tertiary/aromatic N) is 2. The Balaban J connectivity index is 1.59. The van der Waals surface area contributed by atoms with Gasteiger partial charge in [0, 0.05) is 6.07 Å². The van der Waals surface area contributed by atoms with Crippen LogP contribution in [0.4, 0.5) is 17.1 Å². The molecule has 0 spiro atoms. The number of anilines is 2. The Morgan fingerprint density at radius 1 is 1.00 bits per heavy atom. The minimum atomic E-state index is -0.416. The van der Waals surface area contributed by atoms with E-state index >= 15 is 0 Å². The van der Waals surface area contributed by atoms with Gasteiger partial charge in [0.05, 0.1) is 55.5 Å². The second kappa shape index (κ2) is 10.5. The second-order valence-corrected chi connectivity index (χ2v) is 8.07. The maximum absolute atomic E-state index is 13.3. The van der Waals surface area contributed by atoms with Gasteiger partial charge >= 0.3 is 0 Å². The lowest BCUT2D eigenvalue weighted by Gasteiger charge is -2.22. The number of ether oxygens (including phenoxy) is 3. The normalized spacial score (nSPS) is 12.9. The molecule has 180 valence electrons. The summed E-state index contributed by atoms with van der Waals surface area (Å²) in [5, 5.41) is 3.10. The van der Waals surface area contributed by atoms with Crippen LogP contribution in [0.25, 0.3) is 0 Å². The number of aliphatic imine (C=N–C) groups is 1. The number of rotatable bonds is 7. The highest BCUT2D eigenvalue weighted by Crippen LogP contribution is 2.36. The molecule has 0 bridgehead atoms. The Morgan fingerprint density at radius 2 is 1.71 bits per heavy atom. The molecule has 3 aromatic rings. The summed E-state index contributed by atoms with van der Waals surface area (Å²) in [7, 11) is 4.56. The number of fused-ring (bicyclic) bond motifs is 1. The van der Waals surface area contributed by atoms with Gasteiger partial charge in [0.1, 0.15) is 23.8 Å². The van der Waals surface area contributed by atoms with Crippen molar-refractivity contribution in [2.75, 3.05) is 38.1 Å². The summed E-state index contributed by atoms with van der Waals surface area (Å²) in [4.78, 5) is 32.5. The molecule has 0 fully saturated rings. The van der Waals surface area contributed by atoms with Crippen molar-refractivity contribution in [3.63, 3.8) is 0 Å². The molecule has 35 heavy (non-hydrogen) atoms. The van der Waals surface area contributed by atoms with Gasteiger partial charge in [-0.25, -0.2) is 0 Å². The highest BCUT2D eigenvalue weighted by atomic mass is 35.5. The quantitative estimate of drug-likeness (QED) is 0.507. The summed E-state index contributed by atoms with van der Waals surface area (Å²) in [5.74, 6) is 0.843. The summed E-state index contributed by atoms with van der Waals surface area (Å²) >= 11 is 6.22. The van der Waals surface area contributed by atoms with E-state index in [2.05, 4.69) is 5.32 Å². The van der Waals surface area contributed by atoms with Crippen molar-refractivity contribution < 1.29 is 23.8 Å². The molecule has 1 aliphatic heterocycles. The van der Waals surface area contributed by atoms with Crippen molar-refractivity contribution in [3.05, 3.63) is 71.2 Å². The van der Waals surface area contributed by atoms with E-state index in [0.29, 0.717) is 45.0 Å². The Kier molecular flexibility index (Phi) is 7.22. The fraction of sp³-hybridized carbons (Fsp3) is 0.192. The average molecular weight is 494 g/mol. The molecule has 2 amide bonds. The first kappa shape index (κ1) is 24.1. The van der Waals surface area contributed by atoms with Crippen LogP contribution in [0.1, 0.15) is 12.0 Å². The van der Waals surface area contributed by atoms with Crippen LogP contribution in [-0.2, 0) is 9.59 Å². The molecule has 1 aliphatic rings. The number of hydrogen-bond donors (Lipinski definition) is 1. The largest absolute Gasteiger partial charge is 0.497 e. The van der Waals surface area contributed by atoms with Gasteiger partial charge in [0.25, 0.3) is 0 Å². The van der Waals surface area contributed by atoms with Crippen LogP contribution in [0.3, 0.4) is 0 Å². The molecule has 4 rings (SSSR count). The molecular formula is C26H24ClN3O5. The molecule has 0 aliphatic carbocycles. The number of carbonyl (C=O) groups excluding carboxylic acids is 2. The van der Waals surface area contributed by atoms with Crippen LogP contribution in [0.15, 0.2) is 65.7 Å².